The lowest BCUT2D eigenvalue weighted by Crippen LogP contribution is -2.29. The monoisotopic (exact) mass is 475 g/mol. The van der Waals surface area contributed by atoms with E-state index in [1.807, 2.05) is 25.1 Å². The van der Waals surface area contributed by atoms with Crippen molar-refractivity contribution in [2.45, 2.75) is 31.6 Å². The molecule has 0 atom stereocenters. The predicted octanol–water partition coefficient (Wildman–Crippen LogP) is 4.23. The molecule has 9 heteroatoms. The molecule has 0 saturated heterocycles. The van der Waals surface area contributed by atoms with Gasteiger partial charge >= 0.3 is 0 Å². The number of benzene rings is 2. The van der Waals surface area contributed by atoms with Crippen molar-refractivity contribution >= 4 is 40.2 Å². The Bertz CT molecular complexity index is 1180. The molecule has 2 aromatic carbocycles. The van der Waals surface area contributed by atoms with Gasteiger partial charge in [0.05, 0.1) is 30.9 Å². The van der Waals surface area contributed by atoms with Gasteiger partial charge in [0, 0.05) is 30.7 Å². The van der Waals surface area contributed by atoms with E-state index in [-0.39, 0.29) is 17.2 Å². The quantitative estimate of drug-likeness (QED) is 0.340. The normalized spacial score (nSPS) is 10.9. The number of halogens is 1. The minimum atomic E-state index is -0.127. The molecule has 1 heterocycles. The number of ether oxygens (including phenoxy) is 2. The lowest BCUT2D eigenvalue weighted by molar-refractivity contribution is -0.127. The average Bonchev–Trinajstić information content (AvgIpc) is 2.79. The molecule has 0 radical (unpaired) electrons. The van der Waals surface area contributed by atoms with Gasteiger partial charge in [-0.2, -0.15) is 0 Å². The number of aromatic nitrogens is 2. The number of rotatable bonds is 9. The van der Waals surface area contributed by atoms with Gasteiger partial charge in [0.25, 0.3) is 5.56 Å². The van der Waals surface area contributed by atoms with Crippen LogP contribution in [0.1, 0.15) is 18.9 Å². The minimum absolute atomic E-state index is 0.0941. The van der Waals surface area contributed by atoms with E-state index in [0.717, 1.165) is 12.0 Å². The van der Waals surface area contributed by atoms with Crippen molar-refractivity contribution < 1.29 is 14.3 Å². The van der Waals surface area contributed by atoms with Crippen LogP contribution in [0.25, 0.3) is 10.9 Å². The Labute approximate surface area is 196 Å². The number of amides is 1. The third-order valence-corrected chi connectivity index (χ3v) is 6.17. The predicted molar refractivity (Wildman–Crippen MR) is 128 cm³/mol. The van der Waals surface area contributed by atoms with Crippen molar-refractivity contribution in [3.8, 4) is 11.5 Å². The molecule has 1 aromatic heterocycles. The van der Waals surface area contributed by atoms with Crippen molar-refractivity contribution in [3.05, 3.63) is 57.3 Å². The highest BCUT2D eigenvalue weighted by molar-refractivity contribution is 7.99. The number of methoxy groups -OCH3 is 2. The van der Waals surface area contributed by atoms with Crippen molar-refractivity contribution in [2.24, 2.45) is 0 Å². The van der Waals surface area contributed by atoms with E-state index in [1.165, 1.54) is 11.8 Å². The summed E-state index contributed by atoms with van der Waals surface area (Å²) in [5.41, 5.74) is 1.24. The van der Waals surface area contributed by atoms with Crippen molar-refractivity contribution in [1.29, 1.82) is 0 Å². The number of thioether (sulfide) groups is 1. The summed E-state index contributed by atoms with van der Waals surface area (Å²) in [6.45, 7) is 2.88. The van der Waals surface area contributed by atoms with E-state index in [4.69, 9.17) is 21.1 Å². The van der Waals surface area contributed by atoms with Gasteiger partial charge < -0.3 is 14.4 Å². The molecule has 0 aliphatic heterocycles. The summed E-state index contributed by atoms with van der Waals surface area (Å²) in [6.07, 6.45) is 0.776. The van der Waals surface area contributed by atoms with Gasteiger partial charge in [0.1, 0.15) is 0 Å². The first-order chi connectivity index (χ1) is 15.4. The topological polar surface area (TPSA) is 73.7 Å². The summed E-state index contributed by atoms with van der Waals surface area (Å²) in [5.74, 6) is 1.27. The highest BCUT2D eigenvalue weighted by Gasteiger charge is 2.17. The Balaban J connectivity index is 1.79. The zero-order valence-electron chi connectivity index (χ0n) is 18.6. The van der Waals surface area contributed by atoms with Gasteiger partial charge in [-0.3, -0.25) is 14.2 Å². The fourth-order valence-electron chi connectivity index (χ4n) is 3.36. The molecule has 0 spiro atoms. The molecule has 3 rings (SSSR count). The molecule has 0 aliphatic carbocycles. The fourth-order valence-corrected chi connectivity index (χ4v) is 4.50. The number of carbonyl (C=O) groups is 1. The fraction of sp³-hybridized carbons (Fsp3) is 0.348. The molecule has 0 fully saturated rings. The van der Waals surface area contributed by atoms with Crippen LogP contribution in [0, 0.1) is 0 Å². The zero-order valence-corrected chi connectivity index (χ0v) is 20.1. The SMILES string of the molecule is CCCn1c(SCC(=O)N(C)Cc2cccc(OC)c2OC)nc2cc(Cl)ccc2c1=O. The van der Waals surface area contributed by atoms with E-state index in [1.54, 1.807) is 48.9 Å². The third-order valence-electron chi connectivity index (χ3n) is 4.97. The van der Waals surface area contributed by atoms with E-state index in [0.29, 0.717) is 45.7 Å². The Morgan fingerprint density at radius 1 is 1.22 bits per heavy atom. The maximum atomic E-state index is 12.9. The molecule has 0 unspecified atom stereocenters. The van der Waals surface area contributed by atoms with Crippen LogP contribution < -0.4 is 15.0 Å². The lowest BCUT2D eigenvalue weighted by Gasteiger charge is -2.20. The summed E-state index contributed by atoms with van der Waals surface area (Å²) in [7, 11) is 4.88. The second-order valence-corrected chi connectivity index (χ2v) is 8.58. The maximum absolute atomic E-state index is 12.9. The second kappa shape index (κ2) is 10.7. The number of hydrogen-bond acceptors (Lipinski definition) is 6. The van der Waals surface area contributed by atoms with Crippen molar-refractivity contribution in [2.75, 3.05) is 27.0 Å². The minimum Gasteiger partial charge on any atom is -0.493 e. The van der Waals surface area contributed by atoms with Crippen molar-refractivity contribution in [3.63, 3.8) is 0 Å². The van der Waals surface area contributed by atoms with Crippen LogP contribution in [-0.4, -0.2) is 47.4 Å². The third kappa shape index (κ3) is 5.19. The lowest BCUT2D eigenvalue weighted by atomic mass is 10.1. The van der Waals surface area contributed by atoms with Crippen LogP contribution in [0.5, 0.6) is 11.5 Å². The van der Waals surface area contributed by atoms with Gasteiger partial charge in [-0.15, -0.1) is 0 Å². The largest absolute Gasteiger partial charge is 0.493 e. The number of para-hydroxylation sites is 1. The second-order valence-electron chi connectivity index (χ2n) is 7.20. The molecule has 0 saturated carbocycles. The Kier molecular flexibility index (Phi) is 8.04. The van der Waals surface area contributed by atoms with E-state index in [2.05, 4.69) is 4.98 Å². The molecular weight excluding hydrogens is 450 g/mol. The molecular formula is C23H26ClN3O4S. The van der Waals surface area contributed by atoms with Gasteiger partial charge in [-0.05, 0) is 30.7 Å². The Morgan fingerprint density at radius 2 is 2.00 bits per heavy atom. The van der Waals surface area contributed by atoms with E-state index >= 15 is 0 Å². The smallest absolute Gasteiger partial charge is 0.262 e. The van der Waals surface area contributed by atoms with Gasteiger partial charge in [-0.25, -0.2) is 4.98 Å². The Morgan fingerprint density at radius 3 is 2.69 bits per heavy atom. The maximum Gasteiger partial charge on any atom is 0.262 e. The first kappa shape index (κ1) is 23.9. The number of fused-ring (bicyclic) bond motifs is 1. The molecule has 0 bridgehead atoms. The molecule has 0 N–H and O–H groups in total. The number of nitrogens with zero attached hydrogens (tertiary/aromatic N) is 3. The van der Waals surface area contributed by atoms with Gasteiger partial charge in [-0.1, -0.05) is 42.4 Å². The molecule has 0 aliphatic rings. The van der Waals surface area contributed by atoms with Gasteiger partial charge in [0.15, 0.2) is 16.7 Å². The molecule has 32 heavy (non-hydrogen) atoms. The molecule has 170 valence electrons. The summed E-state index contributed by atoms with van der Waals surface area (Å²) < 4.78 is 12.4. The van der Waals surface area contributed by atoms with E-state index in [9.17, 15) is 9.59 Å². The summed E-state index contributed by atoms with van der Waals surface area (Å²) in [5, 5.41) is 1.53. The van der Waals surface area contributed by atoms with Gasteiger partial charge in [0.2, 0.25) is 5.91 Å². The van der Waals surface area contributed by atoms with Crippen LogP contribution in [-0.2, 0) is 17.9 Å². The van der Waals surface area contributed by atoms with E-state index < -0.39 is 0 Å². The first-order valence-electron chi connectivity index (χ1n) is 10.2. The Hall–Kier alpha value is -2.71. The standard InChI is InChI=1S/C23H26ClN3O4S/c1-5-11-27-22(29)17-10-9-16(24)12-18(17)25-23(27)32-14-20(28)26(2)13-15-7-6-8-19(30-3)21(15)31-4/h6-10,12H,5,11,13-14H2,1-4H3. The summed E-state index contributed by atoms with van der Waals surface area (Å²) in [4.78, 5) is 32.0. The van der Waals surface area contributed by atoms with Crippen LogP contribution in [0.2, 0.25) is 5.02 Å². The molecule has 1 amide bonds. The van der Waals surface area contributed by atoms with Crippen molar-refractivity contribution in [1.82, 2.24) is 14.5 Å². The molecule has 3 aromatic rings. The highest BCUT2D eigenvalue weighted by atomic mass is 35.5. The molecule has 7 nitrogen and oxygen atoms in total. The number of carbonyl (C=O) groups excluding carboxylic acids is 1. The number of hydrogen-bond donors (Lipinski definition) is 0. The summed E-state index contributed by atoms with van der Waals surface area (Å²) >= 11 is 7.33. The van der Waals surface area contributed by atoms with Crippen LogP contribution in [0.3, 0.4) is 0 Å². The van der Waals surface area contributed by atoms with Crippen LogP contribution >= 0.6 is 23.4 Å². The van der Waals surface area contributed by atoms with Crippen LogP contribution in [0.4, 0.5) is 0 Å². The summed E-state index contributed by atoms with van der Waals surface area (Å²) in [6, 6.07) is 10.6. The van der Waals surface area contributed by atoms with Crippen LogP contribution in [0.15, 0.2) is 46.3 Å². The zero-order chi connectivity index (χ0) is 23.3. The average molecular weight is 476 g/mol. The first-order valence-corrected chi connectivity index (χ1v) is 11.5. The highest BCUT2D eigenvalue weighted by Crippen LogP contribution is 2.31.